The SMILES string of the molecule is CC(C)C(NC(=O)c1cccc2ccccc12)C(=O)N1CCN(c2ccc(Cl)c(Cl)c2)CC1. The Morgan fingerprint density at radius 3 is 2.27 bits per heavy atom. The van der Waals surface area contributed by atoms with Crippen LogP contribution in [0.4, 0.5) is 5.69 Å². The van der Waals surface area contributed by atoms with Gasteiger partial charge in [0, 0.05) is 37.4 Å². The third-order valence-electron chi connectivity index (χ3n) is 6.11. The summed E-state index contributed by atoms with van der Waals surface area (Å²) in [5.74, 6) is -0.315. The third kappa shape index (κ3) is 5.10. The molecular formula is C26H27Cl2N3O2. The highest BCUT2D eigenvalue weighted by atomic mass is 35.5. The molecule has 0 aliphatic carbocycles. The van der Waals surface area contributed by atoms with Crippen molar-refractivity contribution in [2.45, 2.75) is 19.9 Å². The lowest BCUT2D eigenvalue weighted by Crippen LogP contribution is -2.56. The summed E-state index contributed by atoms with van der Waals surface area (Å²) in [5.41, 5.74) is 1.57. The lowest BCUT2D eigenvalue weighted by atomic mass is 10.00. The van der Waals surface area contributed by atoms with Gasteiger partial charge in [0.15, 0.2) is 0 Å². The van der Waals surface area contributed by atoms with E-state index in [2.05, 4.69) is 10.2 Å². The number of anilines is 1. The fraction of sp³-hybridized carbons (Fsp3) is 0.308. The van der Waals surface area contributed by atoms with Gasteiger partial charge >= 0.3 is 0 Å². The molecule has 1 N–H and O–H groups in total. The molecule has 0 radical (unpaired) electrons. The molecule has 7 heteroatoms. The van der Waals surface area contributed by atoms with Crippen LogP contribution in [-0.4, -0.2) is 48.9 Å². The molecule has 1 heterocycles. The molecule has 0 bridgehead atoms. The number of fused-ring (bicyclic) bond motifs is 1. The molecule has 1 saturated heterocycles. The molecule has 33 heavy (non-hydrogen) atoms. The Morgan fingerprint density at radius 2 is 1.58 bits per heavy atom. The van der Waals surface area contributed by atoms with Crippen molar-refractivity contribution in [3.05, 3.63) is 76.3 Å². The minimum Gasteiger partial charge on any atom is -0.368 e. The smallest absolute Gasteiger partial charge is 0.252 e. The van der Waals surface area contributed by atoms with Crippen LogP contribution < -0.4 is 10.2 Å². The van der Waals surface area contributed by atoms with Crippen LogP contribution in [-0.2, 0) is 4.79 Å². The van der Waals surface area contributed by atoms with E-state index in [1.165, 1.54) is 0 Å². The minimum atomic E-state index is -0.590. The molecule has 1 aliphatic heterocycles. The molecule has 1 fully saturated rings. The number of halogens is 2. The predicted octanol–water partition coefficient (Wildman–Crippen LogP) is 5.25. The maximum Gasteiger partial charge on any atom is 0.252 e. The fourth-order valence-corrected chi connectivity index (χ4v) is 4.51. The number of piperazine rings is 1. The van der Waals surface area contributed by atoms with E-state index in [4.69, 9.17) is 23.2 Å². The average molecular weight is 484 g/mol. The van der Waals surface area contributed by atoms with Crippen LogP contribution in [0, 0.1) is 5.92 Å². The van der Waals surface area contributed by atoms with Gasteiger partial charge in [-0.1, -0.05) is 73.4 Å². The Hall–Kier alpha value is -2.76. The van der Waals surface area contributed by atoms with Crippen molar-refractivity contribution in [2.75, 3.05) is 31.1 Å². The van der Waals surface area contributed by atoms with E-state index in [0.717, 1.165) is 16.5 Å². The second-order valence-electron chi connectivity index (χ2n) is 8.63. The largest absolute Gasteiger partial charge is 0.368 e. The third-order valence-corrected chi connectivity index (χ3v) is 6.85. The second kappa shape index (κ2) is 10.0. The molecule has 1 atom stereocenters. The van der Waals surface area contributed by atoms with Crippen LogP contribution in [0.5, 0.6) is 0 Å². The number of nitrogens with zero attached hydrogens (tertiary/aromatic N) is 2. The predicted molar refractivity (Wildman–Crippen MR) is 135 cm³/mol. The molecule has 5 nitrogen and oxygen atoms in total. The molecule has 3 aromatic carbocycles. The van der Waals surface area contributed by atoms with Gasteiger partial charge < -0.3 is 15.1 Å². The molecule has 1 aliphatic rings. The van der Waals surface area contributed by atoms with Crippen molar-refractivity contribution in [1.82, 2.24) is 10.2 Å². The average Bonchev–Trinajstić information content (AvgIpc) is 2.83. The zero-order valence-electron chi connectivity index (χ0n) is 18.7. The number of carbonyl (C=O) groups is 2. The molecule has 0 spiro atoms. The normalized spacial score (nSPS) is 15.1. The van der Waals surface area contributed by atoms with E-state index in [1.54, 1.807) is 12.1 Å². The van der Waals surface area contributed by atoms with Gasteiger partial charge in [-0.15, -0.1) is 0 Å². The summed E-state index contributed by atoms with van der Waals surface area (Å²) in [5, 5.41) is 5.92. The summed E-state index contributed by atoms with van der Waals surface area (Å²) in [6.45, 7) is 6.44. The van der Waals surface area contributed by atoms with Crippen molar-refractivity contribution in [2.24, 2.45) is 5.92 Å². The number of benzene rings is 3. The van der Waals surface area contributed by atoms with E-state index >= 15 is 0 Å². The highest BCUT2D eigenvalue weighted by Crippen LogP contribution is 2.28. The van der Waals surface area contributed by atoms with E-state index < -0.39 is 6.04 Å². The summed E-state index contributed by atoms with van der Waals surface area (Å²) < 4.78 is 0. The zero-order valence-corrected chi connectivity index (χ0v) is 20.2. The Labute approximate surface area is 204 Å². The summed E-state index contributed by atoms with van der Waals surface area (Å²) in [7, 11) is 0. The zero-order chi connectivity index (χ0) is 23.5. The van der Waals surface area contributed by atoms with Gasteiger partial charge in [0.25, 0.3) is 5.91 Å². The molecule has 2 amide bonds. The number of hydrogen-bond donors (Lipinski definition) is 1. The van der Waals surface area contributed by atoms with Gasteiger partial charge in [0.1, 0.15) is 6.04 Å². The number of rotatable bonds is 5. The van der Waals surface area contributed by atoms with Crippen LogP contribution in [0.25, 0.3) is 10.8 Å². The molecule has 1 unspecified atom stereocenters. The van der Waals surface area contributed by atoms with Crippen molar-refractivity contribution >= 4 is 51.5 Å². The Bertz CT molecular complexity index is 1170. The van der Waals surface area contributed by atoms with Crippen LogP contribution in [0.3, 0.4) is 0 Å². The lowest BCUT2D eigenvalue weighted by molar-refractivity contribution is -0.134. The lowest BCUT2D eigenvalue weighted by Gasteiger charge is -2.38. The standard InChI is InChI=1S/C26H27Cl2N3O2/c1-17(2)24(29-25(32)21-9-5-7-18-6-3-4-8-20(18)21)26(33)31-14-12-30(13-15-31)19-10-11-22(27)23(28)16-19/h3-11,16-17,24H,12-15H2,1-2H3,(H,29,32). The van der Waals surface area contributed by atoms with Crippen molar-refractivity contribution in [3.63, 3.8) is 0 Å². The van der Waals surface area contributed by atoms with Crippen molar-refractivity contribution in [1.29, 1.82) is 0 Å². The van der Waals surface area contributed by atoms with Crippen LogP contribution in [0.2, 0.25) is 10.0 Å². The highest BCUT2D eigenvalue weighted by Gasteiger charge is 2.31. The maximum absolute atomic E-state index is 13.4. The minimum absolute atomic E-state index is 0.0375. The summed E-state index contributed by atoms with van der Waals surface area (Å²) in [4.78, 5) is 30.5. The first-order chi connectivity index (χ1) is 15.8. The van der Waals surface area contributed by atoms with Crippen LogP contribution >= 0.6 is 23.2 Å². The van der Waals surface area contributed by atoms with Gasteiger partial charge in [-0.05, 0) is 41.0 Å². The van der Waals surface area contributed by atoms with Gasteiger partial charge in [-0.2, -0.15) is 0 Å². The molecular weight excluding hydrogens is 457 g/mol. The Morgan fingerprint density at radius 1 is 0.879 bits per heavy atom. The van der Waals surface area contributed by atoms with Gasteiger partial charge in [-0.25, -0.2) is 0 Å². The molecule has 3 aromatic rings. The van der Waals surface area contributed by atoms with E-state index in [0.29, 0.717) is 41.8 Å². The van der Waals surface area contributed by atoms with E-state index in [1.807, 2.05) is 67.3 Å². The molecule has 172 valence electrons. The van der Waals surface area contributed by atoms with E-state index in [-0.39, 0.29) is 17.7 Å². The first kappa shape index (κ1) is 23.4. The van der Waals surface area contributed by atoms with Gasteiger partial charge in [-0.3, -0.25) is 9.59 Å². The Kier molecular flexibility index (Phi) is 7.11. The number of hydrogen-bond acceptors (Lipinski definition) is 3. The van der Waals surface area contributed by atoms with Gasteiger partial charge in [0.2, 0.25) is 5.91 Å². The van der Waals surface area contributed by atoms with E-state index in [9.17, 15) is 9.59 Å². The van der Waals surface area contributed by atoms with Crippen molar-refractivity contribution in [3.8, 4) is 0 Å². The van der Waals surface area contributed by atoms with Crippen LogP contribution in [0.1, 0.15) is 24.2 Å². The summed E-state index contributed by atoms with van der Waals surface area (Å²) in [6, 6.07) is 18.4. The van der Waals surface area contributed by atoms with Crippen molar-refractivity contribution < 1.29 is 9.59 Å². The highest BCUT2D eigenvalue weighted by molar-refractivity contribution is 6.42. The number of amides is 2. The molecule has 4 rings (SSSR count). The quantitative estimate of drug-likeness (QED) is 0.538. The van der Waals surface area contributed by atoms with Gasteiger partial charge in [0.05, 0.1) is 10.0 Å². The van der Waals surface area contributed by atoms with Crippen LogP contribution in [0.15, 0.2) is 60.7 Å². The molecule has 0 aromatic heterocycles. The first-order valence-corrected chi connectivity index (χ1v) is 11.9. The first-order valence-electron chi connectivity index (χ1n) is 11.1. The monoisotopic (exact) mass is 483 g/mol. The number of carbonyl (C=O) groups excluding carboxylic acids is 2. The summed E-state index contributed by atoms with van der Waals surface area (Å²) >= 11 is 12.2. The second-order valence-corrected chi connectivity index (χ2v) is 9.45. The Balaban J connectivity index is 1.44. The molecule has 0 saturated carbocycles. The number of nitrogens with one attached hydrogen (secondary N) is 1. The summed E-state index contributed by atoms with van der Waals surface area (Å²) in [6.07, 6.45) is 0. The maximum atomic E-state index is 13.4. The topological polar surface area (TPSA) is 52.7 Å². The fourth-order valence-electron chi connectivity index (χ4n) is 4.22.